The van der Waals surface area contributed by atoms with Crippen molar-refractivity contribution in [2.24, 2.45) is 57.4 Å². The summed E-state index contributed by atoms with van der Waals surface area (Å²) in [5.41, 5.74) is 2.09. The summed E-state index contributed by atoms with van der Waals surface area (Å²) in [6.45, 7) is 12.5. The number of hydrogen-bond donors (Lipinski definition) is 1. The van der Waals surface area contributed by atoms with E-state index in [4.69, 9.17) is 0 Å². The molecule has 0 bridgehead atoms. The van der Waals surface area contributed by atoms with Gasteiger partial charge in [0.15, 0.2) is 0 Å². The lowest BCUT2D eigenvalue weighted by Gasteiger charge is -2.60. The standard InChI is InChI=1S/C27H47NO/c1-18(2)9-8-10-19(3)21-12-13-22-20-17-25(28-29)24-11-6-7-15-26(24,4)23(20)14-16-27(21,22)5/h18-24,29H,6-17H2,1-5H3/b28-25+. The fourth-order valence-electron chi connectivity index (χ4n) is 9.26. The Morgan fingerprint density at radius 2 is 1.69 bits per heavy atom. The van der Waals surface area contributed by atoms with Crippen LogP contribution in [0.2, 0.25) is 0 Å². The zero-order valence-corrected chi connectivity index (χ0v) is 19.9. The highest BCUT2D eigenvalue weighted by molar-refractivity contribution is 5.88. The molecule has 4 aliphatic carbocycles. The van der Waals surface area contributed by atoms with Crippen molar-refractivity contribution in [3.8, 4) is 0 Å². The highest BCUT2D eigenvalue weighted by Gasteiger charge is 2.61. The summed E-state index contributed by atoms with van der Waals surface area (Å²) < 4.78 is 0. The summed E-state index contributed by atoms with van der Waals surface area (Å²) >= 11 is 0. The van der Waals surface area contributed by atoms with E-state index in [1.54, 1.807) is 0 Å². The monoisotopic (exact) mass is 401 g/mol. The molecule has 0 amide bonds. The summed E-state index contributed by atoms with van der Waals surface area (Å²) in [5.74, 6) is 5.67. The Morgan fingerprint density at radius 1 is 0.931 bits per heavy atom. The third kappa shape index (κ3) is 3.59. The topological polar surface area (TPSA) is 32.6 Å². The Bertz CT molecular complexity index is 612. The molecule has 0 radical (unpaired) electrons. The summed E-state index contributed by atoms with van der Waals surface area (Å²) in [4.78, 5) is 0. The highest BCUT2D eigenvalue weighted by Crippen LogP contribution is 2.68. The molecule has 2 nitrogen and oxygen atoms in total. The fourth-order valence-corrected chi connectivity index (χ4v) is 9.26. The minimum absolute atomic E-state index is 0.394. The first-order chi connectivity index (χ1) is 13.8. The van der Waals surface area contributed by atoms with E-state index in [0.717, 1.165) is 41.9 Å². The molecule has 0 spiro atoms. The number of nitrogens with zero attached hydrogens (tertiary/aromatic N) is 1. The van der Waals surface area contributed by atoms with Crippen LogP contribution in [0.15, 0.2) is 5.16 Å². The normalized spacial score (nSPS) is 47.0. The third-order valence-electron chi connectivity index (χ3n) is 10.7. The maximum atomic E-state index is 9.91. The lowest BCUT2D eigenvalue weighted by atomic mass is 9.44. The molecule has 0 aromatic rings. The summed E-state index contributed by atoms with van der Waals surface area (Å²) in [5, 5.41) is 13.8. The van der Waals surface area contributed by atoms with Gasteiger partial charge in [0.05, 0.1) is 5.71 Å². The van der Waals surface area contributed by atoms with E-state index in [-0.39, 0.29) is 0 Å². The molecule has 8 unspecified atom stereocenters. The average Bonchev–Trinajstić information content (AvgIpc) is 3.04. The van der Waals surface area contributed by atoms with E-state index in [2.05, 4.69) is 39.8 Å². The lowest BCUT2D eigenvalue weighted by Crippen LogP contribution is -2.56. The Morgan fingerprint density at radius 3 is 2.41 bits per heavy atom. The zero-order chi connectivity index (χ0) is 20.8. The Kier molecular flexibility index (Phi) is 6.13. The summed E-state index contributed by atoms with van der Waals surface area (Å²) in [7, 11) is 0. The van der Waals surface area contributed by atoms with Gasteiger partial charge in [0, 0.05) is 5.92 Å². The molecule has 2 heteroatoms. The minimum Gasteiger partial charge on any atom is -0.411 e. The van der Waals surface area contributed by atoms with Gasteiger partial charge >= 0.3 is 0 Å². The van der Waals surface area contributed by atoms with Gasteiger partial charge in [-0.25, -0.2) is 0 Å². The van der Waals surface area contributed by atoms with Crippen molar-refractivity contribution in [2.45, 2.75) is 112 Å². The number of hydrogen-bond acceptors (Lipinski definition) is 2. The fraction of sp³-hybridized carbons (Fsp3) is 0.963. The molecule has 166 valence electrons. The van der Waals surface area contributed by atoms with Gasteiger partial charge in [-0.3, -0.25) is 0 Å². The second-order valence-corrected chi connectivity index (χ2v) is 12.5. The van der Waals surface area contributed by atoms with Crippen molar-refractivity contribution in [1.29, 1.82) is 0 Å². The van der Waals surface area contributed by atoms with Crippen LogP contribution in [0, 0.1) is 52.3 Å². The minimum atomic E-state index is 0.394. The van der Waals surface area contributed by atoms with Gasteiger partial charge in [-0.1, -0.05) is 71.9 Å². The predicted molar refractivity (Wildman–Crippen MR) is 122 cm³/mol. The quantitative estimate of drug-likeness (QED) is 0.368. The summed E-state index contributed by atoms with van der Waals surface area (Å²) in [6, 6.07) is 0. The zero-order valence-electron chi connectivity index (χ0n) is 19.9. The van der Waals surface area contributed by atoms with Gasteiger partial charge < -0.3 is 5.21 Å². The molecule has 4 saturated carbocycles. The van der Waals surface area contributed by atoms with Crippen LogP contribution in [0.3, 0.4) is 0 Å². The molecule has 0 heterocycles. The third-order valence-corrected chi connectivity index (χ3v) is 10.7. The maximum Gasteiger partial charge on any atom is 0.0610 e. The molecule has 0 aliphatic heterocycles. The Hall–Kier alpha value is -0.530. The van der Waals surface area contributed by atoms with Crippen LogP contribution in [-0.4, -0.2) is 10.9 Å². The predicted octanol–water partition coefficient (Wildman–Crippen LogP) is 7.94. The Labute approximate surface area is 180 Å². The molecule has 0 aromatic carbocycles. The van der Waals surface area contributed by atoms with Crippen LogP contribution >= 0.6 is 0 Å². The van der Waals surface area contributed by atoms with Crippen LogP contribution in [0.25, 0.3) is 0 Å². The van der Waals surface area contributed by atoms with Crippen molar-refractivity contribution in [2.75, 3.05) is 0 Å². The molecule has 1 N–H and O–H groups in total. The summed E-state index contributed by atoms with van der Waals surface area (Å²) in [6.07, 6.45) is 16.4. The van der Waals surface area contributed by atoms with E-state index in [0.29, 0.717) is 16.7 Å². The van der Waals surface area contributed by atoms with E-state index in [1.165, 1.54) is 76.3 Å². The second kappa shape index (κ2) is 8.19. The van der Waals surface area contributed by atoms with Crippen LogP contribution in [0.5, 0.6) is 0 Å². The van der Waals surface area contributed by atoms with Gasteiger partial charge in [-0.2, -0.15) is 0 Å². The highest BCUT2D eigenvalue weighted by atomic mass is 16.4. The van der Waals surface area contributed by atoms with Crippen molar-refractivity contribution in [3.63, 3.8) is 0 Å². The number of rotatable bonds is 5. The van der Waals surface area contributed by atoms with E-state index < -0.39 is 0 Å². The Balaban J connectivity index is 1.53. The molecule has 4 fully saturated rings. The van der Waals surface area contributed by atoms with Crippen molar-refractivity contribution in [1.82, 2.24) is 0 Å². The molecule has 29 heavy (non-hydrogen) atoms. The van der Waals surface area contributed by atoms with Crippen LogP contribution in [0.4, 0.5) is 0 Å². The van der Waals surface area contributed by atoms with Gasteiger partial charge in [0.2, 0.25) is 0 Å². The average molecular weight is 402 g/mol. The van der Waals surface area contributed by atoms with Gasteiger partial charge in [0.25, 0.3) is 0 Å². The first kappa shape index (κ1) is 21.7. The molecule has 4 rings (SSSR count). The molecule has 0 aromatic heterocycles. The molecule has 8 atom stereocenters. The van der Waals surface area contributed by atoms with Crippen molar-refractivity contribution in [3.05, 3.63) is 0 Å². The number of oxime groups is 1. The van der Waals surface area contributed by atoms with Crippen molar-refractivity contribution < 1.29 is 5.21 Å². The van der Waals surface area contributed by atoms with Gasteiger partial charge in [0.1, 0.15) is 0 Å². The van der Waals surface area contributed by atoms with Crippen LogP contribution in [0.1, 0.15) is 112 Å². The SMILES string of the molecule is CC(C)CCCC(C)C1CCC2C3C/C(=N\O)C4CCCCC4(C)C3CCC12C. The van der Waals surface area contributed by atoms with E-state index in [1.807, 2.05) is 0 Å². The number of fused-ring (bicyclic) bond motifs is 5. The first-order valence-corrected chi connectivity index (χ1v) is 13.0. The lowest BCUT2D eigenvalue weighted by molar-refractivity contribution is -0.0806. The van der Waals surface area contributed by atoms with Crippen molar-refractivity contribution >= 4 is 5.71 Å². The van der Waals surface area contributed by atoms with Gasteiger partial charge in [-0.15, -0.1) is 0 Å². The largest absolute Gasteiger partial charge is 0.411 e. The molecular weight excluding hydrogens is 354 g/mol. The van der Waals surface area contributed by atoms with Crippen LogP contribution < -0.4 is 0 Å². The second-order valence-electron chi connectivity index (χ2n) is 12.5. The smallest absolute Gasteiger partial charge is 0.0610 e. The molecule has 4 aliphatic rings. The van der Waals surface area contributed by atoms with Crippen LogP contribution in [-0.2, 0) is 0 Å². The van der Waals surface area contributed by atoms with Gasteiger partial charge in [-0.05, 0) is 91.3 Å². The van der Waals surface area contributed by atoms with E-state index in [9.17, 15) is 5.21 Å². The first-order valence-electron chi connectivity index (χ1n) is 13.0. The van der Waals surface area contributed by atoms with E-state index >= 15 is 0 Å². The molecular formula is C27H47NO. The molecule has 0 saturated heterocycles. The maximum absolute atomic E-state index is 9.91.